The molecule has 0 saturated heterocycles. The van der Waals surface area contributed by atoms with Crippen LogP contribution in [0.5, 0.6) is 0 Å². The summed E-state index contributed by atoms with van der Waals surface area (Å²) in [6.07, 6.45) is 2.24. The lowest BCUT2D eigenvalue weighted by Gasteiger charge is -2.26. The van der Waals surface area contributed by atoms with Crippen molar-refractivity contribution < 1.29 is 14.6 Å². The Balaban J connectivity index is 1.28. The summed E-state index contributed by atoms with van der Waals surface area (Å²) in [6.45, 7) is 0.337. The second-order valence-corrected chi connectivity index (χ2v) is 7.88. The molecule has 0 aliphatic heterocycles. The first-order chi connectivity index (χ1) is 12.7. The molecular formula is C22H23NO3. The number of benzene rings is 2. The molecule has 134 valence electrons. The third-order valence-corrected chi connectivity index (χ3v) is 6.43. The van der Waals surface area contributed by atoms with Crippen molar-refractivity contribution in [2.45, 2.75) is 37.3 Å². The molecular weight excluding hydrogens is 326 g/mol. The van der Waals surface area contributed by atoms with Crippen LogP contribution in [-0.4, -0.2) is 30.0 Å². The van der Waals surface area contributed by atoms with E-state index in [9.17, 15) is 9.90 Å². The molecule has 2 aromatic rings. The predicted molar refractivity (Wildman–Crippen MR) is 98.8 cm³/mol. The SMILES string of the molecule is O=C(N[C@H]1C[C@@H]2C[C@H]1[C@H](O)C2)OCC1c2ccccc2-c2ccccc21. The lowest BCUT2D eigenvalue weighted by molar-refractivity contribution is 0.0857. The zero-order chi connectivity index (χ0) is 17.7. The van der Waals surface area contributed by atoms with E-state index in [1.54, 1.807) is 0 Å². The predicted octanol–water partition coefficient (Wildman–Crippen LogP) is 3.68. The summed E-state index contributed by atoms with van der Waals surface area (Å²) in [4.78, 5) is 12.3. The summed E-state index contributed by atoms with van der Waals surface area (Å²) in [5, 5.41) is 13.0. The summed E-state index contributed by atoms with van der Waals surface area (Å²) < 4.78 is 5.61. The standard InChI is InChI=1S/C22H23NO3/c24-21-11-13-9-18(21)20(10-13)23-22(25)26-12-19-16-7-3-1-5-14(16)15-6-2-4-8-17(15)19/h1-8,13,18-21,24H,9-12H2,(H,23,25)/t13-,18+,20-,21+/m0/s1. The van der Waals surface area contributed by atoms with Crippen LogP contribution in [0, 0.1) is 11.8 Å². The maximum absolute atomic E-state index is 12.3. The smallest absolute Gasteiger partial charge is 0.407 e. The number of amides is 1. The Kier molecular flexibility index (Phi) is 3.75. The van der Waals surface area contributed by atoms with E-state index < -0.39 is 0 Å². The van der Waals surface area contributed by atoms with Crippen LogP contribution in [0.25, 0.3) is 11.1 Å². The van der Waals surface area contributed by atoms with E-state index in [0.29, 0.717) is 12.5 Å². The molecule has 4 nitrogen and oxygen atoms in total. The van der Waals surface area contributed by atoms with Gasteiger partial charge in [0.2, 0.25) is 0 Å². The van der Waals surface area contributed by atoms with Gasteiger partial charge < -0.3 is 15.2 Å². The topological polar surface area (TPSA) is 58.6 Å². The molecule has 26 heavy (non-hydrogen) atoms. The van der Waals surface area contributed by atoms with Gasteiger partial charge in [0, 0.05) is 17.9 Å². The molecule has 4 atom stereocenters. The summed E-state index contributed by atoms with van der Waals surface area (Å²) in [5.74, 6) is 0.827. The highest BCUT2D eigenvalue weighted by atomic mass is 16.5. The van der Waals surface area contributed by atoms with Crippen LogP contribution >= 0.6 is 0 Å². The Hall–Kier alpha value is -2.33. The van der Waals surface area contributed by atoms with Crippen LogP contribution in [0.2, 0.25) is 0 Å². The Bertz CT molecular complexity index is 803. The molecule has 0 unspecified atom stereocenters. The number of hydrogen-bond donors (Lipinski definition) is 2. The Morgan fingerprint density at radius 2 is 1.65 bits per heavy atom. The Morgan fingerprint density at radius 1 is 1.00 bits per heavy atom. The number of ether oxygens (including phenoxy) is 1. The minimum atomic E-state index is -0.364. The number of nitrogens with one attached hydrogen (secondary N) is 1. The van der Waals surface area contributed by atoms with Crippen molar-refractivity contribution >= 4 is 6.09 Å². The number of aliphatic hydroxyl groups is 1. The zero-order valence-corrected chi connectivity index (χ0v) is 14.6. The molecule has 0 radical (unpaired) electrons. The van der Waals surface area contributed by atoms with E-state index in [4.69, 9.17) is 4.74 Å². The lowest BCUT2D eigenvalue weighted by atomic mass is 9.93. The van der Waals surface area contributed by atoms with Crippen molar-refractivity contribution in [3.63, 3.8) is 0 Å². The molecule has 0 aromatic heterocycles. The zero-order valence-electron chi connectivity index (χ0n) is 14.6. The first-order valence-corrected chi connectivity index (χ1v) is 9.50. The van der Waals surface area contributed by atoms with Gasteiger partial charge in [-0.25, -0.2) is 4.79 Å². The molecule has 5 rings (SSSR count). The van der Waals surface area contributed by atoms with Crippen molar-refractivity contribution in [3.05, 3.63) is 59.7 Å². The van der Waals surface area contributed by atoms with Crippen molar-refractivity contribution in [1.82, 2.24) is 5.32 Å². The first-order valence-electron chi connectivity index (χ1n) is 9.50. The number of alkyl carbamates (subject to hydrolysis) is 1. The number of fused-ring (bicyclic) bond motifs is 5. The third kappa shape index (κ3) is 2.52. The molecule has 0 heterocycles. The van der Waals surface area contributed by atoms with Crippen LogP contribution in [-0.2, 0) is 4.74 Å². The lowest BCUT2D eigenvalue weighted by Crippen LogP contribution is -2.43. The molecule has 0 spiro atoms. The number of carbonyl (C=O) groups is 1. The normalized spacial score (nSPS) is 28.7. The van der Waals surface area contributed by atoms with E-state index >= 15 is 0 Å². The average molecular weight is 349 g/mol. The van der Waals surface area contributed by atoms with Gasteiger partial charge in [-0.05, 0) is 47.4 Å². The van der Waals surface area contributed by atoms with E-state index in [0.717, 1.165) is 19.3 Å². The number of hydrogen-bond acceptors (Lipinski definition) is 3. The molecule has 3 aliphatic carbocycles. The number of rotatable bonds is 3. The van der Waals surface area contributed by atoms with E-state index in [-0.39, 0.29) is 30.1 Å². The van der Waals surface area contributed by atoms with Crippen LogP contribution in [0.1, 0.15) is 36.3 Å². The second kappa shape index (κ2) is 6.13. The van der Waals surface area contributed by atoms with Crippen LogP contribution in [0.4, 0.5) is 4.79 Å². The monoisotopic (exact) mass is 349 g/mol. The summed E-state index contributed by atoms with van der Waals surface area (Å²) in [5.41, 5.74) is 4.90. The molecule has 2 fully saturated rings. The Labute approximate surface area is 153 Å². The van der Waals surface area contributed by atoms with Crippen LogP contribution in [0.3, 0.4) is 0 Å². The fourth-order valence-corrected chi connectivity index (χ4v) is 5.27. The highest BCUT2D eigenvalue weighted by molar-refractivity contribution is 5.79. The highest BCUT2D eigenvalue weighted by Gasteiger charge is 2.46. The number of aliphatic hydroxyl groups excluding tert-OH is 1. The van der Waals surface area contributed by atoms with Gasteiger partial charge in [-0.2, -0.15) is 0 Å². The van der Waals surface area contributed by atoms with Gasteiger partial charge in [-0.3, -0.25) is 0 Å². The Morgan fingerprint density at radius 3 is 2.27 bits per heavy atom. The van der Waals surface area contributed by atoms with Gasteiger partial charge in [0.25, 0.3) is 0 Å². The van der Waals surface area contributed by atoms with Crippen LogP contribution in [0.15, 0.2) is 48.5 Å². The van der Waals surface area contributed by atoms with Gasteiger partial charge in [-0.15, -0.1) is 0 Å². The van der Waals surface area contributed by atoms with Crippen LogP contribution < -0.4 is 5.32 Å². The van der Waals surface area contributed by atoms with Crippen molar-refractivity contribution in [3.8, 4) is 11.1 Å². The molecule has 3 aliphatic rings. The van der Waals surface area contributed by atoms with Crippen molar-refractivity contribution in [1.29, 1.82) is 0 Å². The number of carbonyl (C=O) groups excluding carboxylic acids is 1. The van der Waals surface area contributed by atoms with Gasteiger partial charge in [0.15, 0.2) is 0 Å². The maximum atomic E-state index is 12.3. The van der Waals surface area contributed by atoms with E-state index in [1.165, 1.54) is 22.3 Å². The fourth-order valence-electron chi connectivity index (χ4n) is 5.27. The van der Waals surface area contributed by atoms with Gasteiger partial charge >= 0.3 is 6.09 Å². The van der Waals surface area contributed by atoms with Gasteiger partial charge in [-0.1, -0.05) is 48.5 Å². The van der Waals surface area contributed by atoms with Crippen molar-refractivity contribution in [2.75, 3.05) is 6.61 Å². The molecule has 2 aromatic carbocycles. The summed E-state index contributed by atoms with van der Waals surface area (Å²) >= 11 is 0. The van der Waals surface area contributed by atoms with E-state index in [1.807, 2.05) is 24.3 Å². The molecule has 2 N–H and O–H groups in total. The van der Waals surface area contributed by atoms with E-state index in [2.05, 4.69) is 29.6 Å². The quantitative estimate of drug-likeness (QED) is 0.889. The minimum absolute atomic E-state index is 0.0550. The third-order valence-electron chi connectivity index (χ3n) is 6.43. The molecule has 2 saturated carbocycles. The van der Waals surface area contributed by atoms with Crippen molar-refractivity contribution in [2.24, 2.45) is 11.8 Å². The highest BCUT2D eigenvalue weighted by Crippen LogP contribution is 2.45. The fraction of sp³-hybridized carbons (Fsp3) is 0.409. The first kappa shape index (κ1) is 15.9. The van der Waals surface area contributed by atoms with Gasteiger partial charge in [0.05, 0.1) is 6.10 Å². The summed E-state index contributed by atoms with van der Waals surface area (Å²) in [7, 11) is 0. The second-order valence-electron chi connectivity index (χ2n) is 7.88. The largest absolute Gasteiger partial charge is 0.449 e. The molecule has 1 amide bonds. The van der Waals surface area contributed by atoms with Gasteiger partial charge in [0.1, 0.15) is 6.61 Å². The average Bonchev–Trinajstić information content (AvgIpc) is 3.30. The summed E-state index contributed by atoms with van der Waals surface area (Å²) in [6, 6.07) is 16.7. The maximum Gasteiger partial charge on any atom is 0.407 e. The molecule has 4 heteroatoms. The minimum Gasteiger partial charge on any atom is -0.449 e. The molecule has 2 bridgehead atoms.